The normalized spacial score (nSPS) is 21.4. The van der Waals surface area contributed by atoms with Gasteiger partial charge < -0.3 is 19.9 Å². The molecule has 0 saturated carbocycles. The molecule has 0 radical (unpaired) electrons. The van der Waals surface area contributed by atoms with Gasteiger partial charge in [-0.1, -0.05) is 6.92 Å². The summed E-state index contributed by atoms with van der Waals surface area (Å²) < 4.78 is 10.4. The van der Waals surface area contributed by atoms with E-state index >= 15 is 0 Å². The van der Waals surface area contributed by atoms with Gasteiger partial charge >= 0.3 is 0 Å². The van der Waals surface area contributed by atoms with Crippen LogP contribution in [-0.2, 0) is 9.47 Å². The molecule has 1 heterocycles. The molecule has 2 unspecified atom stereocenters. The molecule has 2 atom stereocenters. The highest BCUT2D eigenvalue weighted by Crippen LogP contribution is 1.99. The highest BCUT2D eigenvalue weighted by atomic mass is 16.5. The van der Waals surface area contributed by atoms with Gasteiger partial charge in [0, 0.05) is 39.3 Å². The molecule has 0 aromatic heterocycles. The van der Waals surface area contributed by atoms with E-state index in [1.54, 1.807) is 7.11 Å². The highest BCUT2D eigenvalue weighted by molar-refractivity contribution is 4.72. The minimum Gasteiger partial charge on any atom is -0.390 e. The predicted octanol–water partition coefficient (Wildman–Crippen LogP) is -0.306. The standard InChI is InChI=1S/C12H26N2O3/c1-3-11(10-16-2)13-8-12(15)9-14-4-6-17-7-5-14/h11-13,15H,3-10H2,1-2H3. The van der Waals surface area contributed by atoms with Crippen molar-refractivity contribution in [3.63, 3.8) is 0 Å². The van der Waals surface area contributed by atoms with Gasteiger partial charge in [0.05, 0.1) is 25.9 Å². The molecule has 0 aromatic rings. The van der Waals surface area contributed by atoms with Crippen LogP contribution in [0.1, 0.15) is 13.3 Å². The number of methoxy groups -OCH3 is 1. The molecule has 1 aliphatic heterocycles. The number of ether oxygens (including phenoxy) is 2. The van der Waals surface area contributed by atoms with E-state index in [-0.39, 0.29) is 6.10 Å². The summed E-state index contributed by atoms with van der Waals surface area (Å²) in [4.78, 5) is 2.24. The summed E-state index contributed by atoms with van der Waals surface area (Å²) >= 11 is 0. The van der Waals surface area contributed by atoms with Crippen molar-refractivity contribution in [1.82, 2.24) is 10.2 Å². The second-order valence-electron chi connectivity index (χ2n) is 4.54. The van der Waals surface area contributed by atoms with Crippen molar-refractivity contribution in [3.05, 3.63) is 0 Å². The summed E-state index contributed by atoms with van der Waals surface area (Å²) in [7, 11) is 1.70. The number of rotatable bonds is 8. The molecule has 102 valence electrons. The number of hydrogen-bond donors (Lipinski definition) is 2. The molecule has 2 N–H and O–H groups in total. The molecule has 1 aliphatic rings. The Kier molecular flexibility index (Phi) is 7.72. The number of nitrogens with zero attached hydrogens (tertiary/aromatic N) is 1. The molecular formula is C12H26N2O3. The van der Waals surface area contributed by atoms with Crippen LogP contribution in [0.2, 0.25) is 0 Å². The average Bonchev–Trinajstić information content (AvgIpc) is 2.35. The quantitative estimate of drug-likeness (QED) is 0.615. The zero-order chi connectivity index (χ0) is 12.5. The number of aliphatic hydroxyl groups excluding tert-OH is 1. The molecule has 0 aliphatic carbocycles. The third-order valence-corrected chi connectivity index (χ3v) is 3.08. The van der Waals surface area contributed by atoms with E-state index < -0.39 is 0 Å². The number of hydrogen-bond acceptors (Lipinski definition) is 5. The molecule has 0 aromatic carbocycles. The summed E-state index contributed by atoms with van der Waals surface area (Å²) in [6.07, 6.45) is 0.692. The lowest BCUT2D eigenvalue weighted by Crippen LogP contribution is -2.45. The van der Waals surface area contributed by atoms with Gasteiger partial charge in [0.2, 0.25) is 0 Å². The number of nitrogens with one attached hydrogen (secondary N) is 1. The van der Waals surface area contributed by atoms with E-state index in [4.69, 9.17) is 9.47 Å². The van der Waals surface area contributed by atoms with E-state index in [1.165, 1.54) is 0 Å². The molecular weight excluding hydrogens is 220 g/mol. The third-order valence-electron chi connectivity index (χ3n) is 3.08. The number of β-amino-alcohol motifs (C(OH)–C–C–N with tert-alkyl or cyclic N) is 1. The summed E-state index contributed by atoms with van der Waals surface area (Å²) in [5, 5.41) is 13.3. The lowest BCUT2D eigenvalue weighted by molar-refractivity contribution is 0.0139. The molecule has 5 nitrogen and oxygen atoms in total. The third kappa shape index (κ3) is 6.33. The Hall–Kier alpha value is -0.200. The van der Waals surface area contributed by atoms with Crippen molar-refractivity contribution >= 4 is 0 Å². The smallest absolute Gasteiger partial charge is 0.0791 e. The maximum absolute atomic E-state index is 9.93. The van der Waals surface area contributed by atoms with Crippen LogP contribution in [0.15, 0.2) is 0 Å². The largest absolute Gasteiger partial charge is 0.390 e. The van der Waals surface area contributed by atoms with Gasteiger partial charge in [-0.25, -0.2) is 0 Å². The Balaban J connectivity index is 2.12. The first-order valence-corrected chi connectivity index (χ1v) is 6.46. The van der Waals surface area contributed by atoms with Crippen LogP contribution < -0.4 is 5.32 Å². The van der Waals surface area contributed by atoms with Crippen LogP contribution in [0.4, 0.5) is 0 Å². The summed E-state index contributed by atoms with van der Waals surface area (Å²) in [5.74, 6) is 0. The summed E-state index contributed by atoms with van der Waals surface area (Å²) in [5.41, 5.74) is 0. The second-order valence-corrected chi connectivity index (χ2v) is 4.54. The molecule has 17 heavy (non-hydrogen) atoms. The minimum atomic E-state index is -0.320. The molecule has 1 saturated heterocycles. The monoisotopic (exact) mass is 246 g/mol. The fraction of sp³-hybridized carbons (Fsp3) is 1.00. The van der Waals surface area contributed by atoms with E-state index in [1.807, 2.05) is 0 Å². The predicted molar refractivity (Wildman–Crippen MR) is 67.2 cm³/mol. The molecule has 1 rings (SSSR count). The lowest BCUT2D eigenvalue weighted by atomic mass is 10.2. The van der Waals surface area contributed by atoms with Crippen molar-refractivity contribution in [2.75, 3.05) is 53.1 Å². The lowest BCUT2D eigenvalue weighted by Gasteiger charge is -2.29. The molecule has 0 bridgehead atoms. The second kappa shape index (κ2) is 8.83. The van der Waals surface area contributed by atoms with Gasteiger partial charge in [0.25, 0.3) is 0 Å². The van der Waals surface area contributed by atoms with Gasteiger partial charge in [-0.15, -0.1) is 0 Å². The fourth-order valence-electron chi connectivity index (χ4n) is 1.97. The van der Waals surface area contributed by atoms with Crippen molar-refractivity contribution in [2.24, 2.45) is 0 Å². The maximum Gasteiger partial charge on any atom is 0.0791 e. The number of aliphatic hydroxyl groups is 1. The fourth-order valence-corrected chi connectivity index (χ4v) is 1.97. The summed E-state index contributed by atoms with van der Waals surface area (Å²) in [6.45, 7) is 7.56. The molecule has 5 heteroatoms. The topological polar surface area (TPSA) is 54.0 Å². The van der Waals surface area contributed by atoms with Crippen molar-refractivity contribution in [3.8, 4) is 0 Å². The first-order chi connectivity index (χ1) is 8.26. The van der Waals surface area contributed by atoms with Crippen LogP contribution in [0, 0.1) is 0 Å². The van der Waals surface area contributed by atoms with E-state index in [0.717, 1.165) is 39.3 Å². The molecule has 0 amide bonds. The molecule has 1 fully saturated rings. The van der Waals surface area contributed by atoms with Gasteiger partial charge in [0.15, 0.2) is 0 Å². The first-order valence-electron chi connectivity index (χ1n) is 6.46. The maximum atomic E-state index is 9.93. The first kappa shape index (κ1) is 14.9. The van der Waals surface area contributed by atoms with Crippen molar-refractivity contribution < 1.29 is 14.6 Å². The van der Waals surface area contributed by atoms with Crippen LogP contribution >= 0.6 is 0 Å². The zero-order valence-corrected chi connectivity index (χ0v) is 11.0. The van der Waals surface area contributed by atoms with Crippen molar-refractivity contribution in [1.29, 1.82) is 0 Å². The van der Waals surface area contributed by atoms with Gasteiger partial charge in [0.1, 0.15) is 0 Å². The average molecular weight is 246 g/mol. The highest BCUT2D eigenvalue weighted by Gasteiger charge is 2.15. The number of morpholine rings is 1. The Morgan fingerprint density at radius 3 is 2.71 bits per heavy atom. The SMILES string of the molecule is CCC(COC)NCC(O)CN1CCOCC1. The van der Waals surface area contributed by atoms with E-state index in [9.17, 15) is 5.11 Å². The Morgan fingerprint density at radius 1 is 1.41 bits per heavy atom. The van der Waals surface area contributed by atoms with Crippen molar-refractivity contribution in [2.45, 2.75) is 25.5 Å². The minimum absolute atomic E-state index is 0.320. The van der Waals surface area contributed by atoms with E-state index in [2.05, 4.69) is 17.1 Å². The van der Waals surface area contributed by atoms with Gasteiger partial charge in [-0.05, 0) is 6.42 Å². The summed E-state index contributed by atoms with van der Waals surface area (Å²) in [6, 6.07) is 0.333. The molecule has 0 spiro atoms. The zero-order valence-electron chi connectivity index (χ0n) is 11.0. The van der Waals surface area contributed by atoms with Gasteiger partial charge in [-0.3, -0.25) is 4.90 Å². The Labute approximate surface area is 104 Å². The van der Waals surface area contributed by atoms with E-state index in [0.29, 0.717) is 19.2 Å². The van der Waals surface area contributed by atoms with Crippen LogP contribution in [0.3, 0.4) is 0 Å². The van der Waals surface area contributed by atoms with Gasteiger partial charge in [-0.2, -0.15) is 0 Å². The van der Waals surface area contributed by atoms with Crippen LogP contribution in [0.5, 0.6) is 0 Å². The van der Waals surface area contributed by atoms with Crippen LogP contribution in [0.25, 0.3) is 0 Å². The Morgan fingerprint density at radius 2 is 2.12 bits per heavy atom. The van der Waals surface area contributed by atoms with Crippen LogP contribution in [-0.4, -0.2) is 75.3 Å². The Bertz CT molecular complexity index is 187.